The molecule has 0 aromatic heterocycles. The highest BCUT2D eigenvalue weighted by molar-refractivity contribution is 6.43. The molecule has 0 spiro atoms. The summed E-state index contributed by atoms with van der Waals surface area (Å²) in [6.45, 7) is 7.71. The maximum Gasteiger partial charge on any atom is 0.107 e. The standard InChI is InChI=1S/C14H18Cl3NO/c1-3-14(9-18(4-2)5-6-19-14)11-7-10(15)8-12(16)13(11)17/h7-8H,3-6,9H2,1-2H3. The Labute approximate surface area is 129 Å². The van der Waals surface area contributed by atoms with Gasteiger partial charge in [-0.05, 0) is 25.1 Å². The van der Waals surface area contributed by atoms with E-state index in [-0.39, 0.29) is 0 Å². The lowest BCUT2D eigenvalue weighted by Gasteiger charge is -2.43. The fraction of sp³-hybridized carbons (Fsp3) is 0.571. The van der Waals surface area contributed by atoms with Gasteiger partial charge in [0.15, 0.2) is 0 Å². The van der Waals surface area contributed by atoms with E-state index in [1.807, 2.05) is 6.07 Å². The van der Waals surface area contributed by atoms with Crippen LogP contribution in [0.1, 0.15) is 25.8 Å². The Balaban J connectivity index is 2.46. The number of hydrogen-bond donors (Lipinski definition) is 0. The van der Waals surface area contributed by atoms with E-state index in [0.717, 1.165) is 31.6 Å². The molecule has 0 aliphatic carbocycles. The summed E-state index contributed by atoms with van der Waals surface area (Å²) >= 11 is 18.6. The zero-order chi connectivity index (χ0) is 14.0. The van der Waals surface area contributed by atoms with Crippen LogP contribution in [-0.4, -0.2) is 31.1 Å². The van der Waals surface area contributed by atoms with Gasteiger partial charge in [0.1, 0.15) is 5.60 Å². The second kappa shape index (κ2) is 6.19. The molecule has 0 amide bonds. The van der Waals surface area contributed by atoms with Crippen LogP contribution in [0.15, 0.2) is 12.1 Å². The third-order valence-corrected chi connectivity index (χ3v) is 4.79. The van der Waals surface area contributed by atoms with Gasteiger partial charge in [-0.15, -0.1) is 0 Å². The van der Waals surface area contributed by atoms with Crippen molar-refractivity contribution < 1.29 is 4.74 Å². The van der Waals surface area contributed by atoms with Gasteiger partial charge in [0.25, 0.3) is 0 Å². The lowest BCUT2D eigenvalue weighted by atomic mass is 9.89. The summed E-state index contributed by atoms with van der Waals surface area (Å²) in [5, 5.41) is 1.62. The molecule has 1 aromatic rings. The minimum Gasteiger partial charge on any atom is -0.368 e. The minimum absolute atomic E-state index is 0.417. The van der Waals surface area contributed by atoms with Gasteiger partial charge >= 0.3 is 0 Å². The second-order valence-corrected chi connectivity index (χ2v) is 6.04. The Morgan fingerprint density at radius 2 is 2.00 bits per heavy atom. The zero-order valence-corrected chi connectivity index (χ0v) is 13.4. The molecule has 1 heterocycles. The van der Waals surface area contributed by atoms with Crippen molar-refractivity contribution in [3.8, 4) is 0 Å². The van der Waals surface area contributed by atoms with Crippen LogP contribution in [-0.2, 0) is 10.3 Å². The molecular weight excluding hydrogens is 305 g/mol. The molecule has 0 radical (unpaired) electrons. The predicted octanol–water partition coefficient (Wildman–Crippen LogP) is 4.60. The van der Waals surface area contributed by atoms with E-state index in [2.05, 4.69) is 18.7 Å². The SMILES string of the molecule is CCN1CCOC(CC)(c2cc(Cl)cc(Cl)c2Cl)C1. The van der Waals surface area contributed by atoms with Gasteiger partial charge in [-0.25, -0.2) is 0 Å². The van der Waals surface area contributed by atoms with Crippen LogP contribution in [0.3, 0.4) is 0 Å². The lowest BCUT2D eigenvalue weighted by Crippen LogP contribution is -2.49. The van der Waals surface area contributed by atoms with Gasteiger partial charge in [-0.1, -0.05) is 48.7 Å². The van der Waals surface area contributed by atoms with E-state index in [9.17, 15) is 0 Å². The van der Waals surface area contributed by atoms with Crippen molar-refractivity contribution in [2.45, 2.75) is 25.9 Å². The summed E-state index contributed by atoms with van der Waals surface area (Å²) in [7, 11) is 0. The summed E-state index contributed by atoms with van der Waals surface area (Å²) < 4.78 is 6.08. The summed E-state index contributed by atoms with van der Waals surface area (Å²) in [5.74, 6) is 0. The van der Waals surface area contributed by atoms with Crippen LogP contribution in [0.2, 0.25) is 15.1 Å². The number of benzene rings is 1. The Bertz CT molecular complexity index is 466. The fourth-order valence-electron chi connectivity index (χ4n) is 2.58. The van der Waals surface area contributed by atoms with Gasteiger partial charge in [0, 0.05) is 23.7 Å². The van der Waals surface area contributed by atoms with Crippen molar-refractivity contribution in [3.63, 3.8) is 0 Å². The van der Waals surface area contributed by atoms with Crippen LogP contribution in [0.25, 0.3) is 0 Å². The largest absolute Gasteiger partial charge is 0.368 e. The normalized spacial score (nSPS) is 24.7. The van der Waals surface area contributed by atoms with Crippen molar-refractivity contribution in [3.05, 3.63) is 32.8 Å². The summed E-state index contributed by atoms with van der Waals surface area (Å²) in [6, 6.07) is 3.54. The third-order valence-electron chi connectivity index (χ3n) is 3.77. The van der Waals surface area contributed by atoms with Crippen LogP contribution >= 0.6 is 34.8 Å². The second-order valence-electron chi connectivity index (χ2n) is 4.81. The topological polar surface area (TPSA) is 12.5 Å². The van der Waals surface area contributed by atoms with Gasteiger partial charge in [0.05, 0.1) is 16.7 Å². The Morgan fingerprint density at radius 3 is 2.63 bits per heavy atom. The first-order valence-electron chi connectivity index (χ1n) is 6.53. The Kier molecular flexibility index (Phi) is 5.02. The van der Waals surface area contributed by atoms with Crippen LogP contribution in [0.5, 0.6) is 0 Å². The first-order valence-corrected chi connectivity index (χ1v) is 7.67. The van der Waals surface area contributed by atoms with Crippen LogP contribution in [0, 0.1) is 0 Å². The summed E-state index contributed by atoms with van der Waals surface area (Å²) in [4.78, 5) is 2.36. The smallest absolute Gasteiger partial charge is 0.107 e. The maximum atomic E-state index is 6.37. The van der Waals surface area contributed by atoms with E-state index in [1.54, 1.807) is 6.07 Å². The molecule has 1 aromatic carbocycles. The average molecular weight is 323 g/mol. The molecule has 19 heavy (non-hydrogen) atoms. The van der Waals surface area contributed by atoms with Gasteiger partial charge in [-0.3, -0.25) is 4.90 Å². The number of morpholine rings is 1. The fourth-order valence-corrected chi connectivity index (χ4v) is 3.36. The molecule has 5 heteroatoms. The molecule has 1 saturated heterocycles. The molecule has 0 bridgehead atoms. The summed E-state index contributed by atoms with van der Waals surface area (Å²) in [5.41, 5.74) is 0.479. The van der Waals surface area contributed by atoms with Crippen molar-refractivity contribution >= 4 is 34.8 Å². The maximum absolute atomic E-state index is 6.37. The van der Waals surface area contributed by atoms with Crippen molar-refractivity contribution in [1.29, 1.82) is 0 Å². The highest BCUT2D eigenvalue weighted by Gasteiger charge is 2.38. The molecule has 1 aliphatic rings. The molecule has 0 N–H and O–H groups in total. The number of rotatable bonds is 3. The Morgan fingerprint density at radius 1 is 1.26 bits per heavy atom. The first kappa shape index (κ1) is 15.4. The molecule has 106 valence electrons. The lowest BCUT2D eigenvalue weighted by molar-refractivity contribution is -0.116. The average Bonchev–Trinajstić information content (AvgIpc) is 2.42. The van der Waals surface area contributed by atoms with E-state index in [1.165, 1.54) is 0 Å². The van der Waals surface area contributed by atoms with Gasteiger partial charge in [-0.2, -0.15) is 0 Å². The predicted molar refractivity (Wildman–Crippen MR) is 81.5 cm³/mol. The van der Waals surface area contributed by atoms with Gasteiger partial charge < -0.3 is 4.74 Å². The van der Waals surface area contributed by atoms with E-state index in [4.69, 9.17) is 39.5 Å². The monoisotopic (exact) mass is 321 g/mol. The van der Waals surface area contributed by atoms with E-state index >= 15 is 0 Å². The van der Waals surface area contributed by atoms with Crippen molar-refractivity contribution in [2.75, 3.05) is 26.2 Å². The van der Waals surface area contributed by atoms with Crippen LogP contribution < -0.4 is 0 Å². The Hall–Kier alpha value is 0.01000. The molecular formula is C14H18Cl3NO. The molecule has 1 atom stereocenters. The van der Waals surface area contributed by atoms with E-state index < -0.39 is 5.60 Å². The number of likely N-dealkylation sites (N-methyl/N-ethyl adjacent to an activating group) is 1. The number of nitrogens with zero attached hydrogens (tertiary/aromatic N) is 1. The quantitative estimate of drug-likeness (QED) is 0.754. The minimum atomic E-state index is -0.417. The zero-order valence-electron chi connectivity index (χ0n) is 11.2. The van der Waals surface area contributed by atoms with Crippen LogP contribution in [0.4, 0.5) is 0 Å². The third kappa shape index (κ3) is 3.03. The highest BCUT2D eigenvalue weighted by atomic mass is 35.5. The summed E-state index contributed by atoms with van der Waals surface area (Å²) in [6.07, 6.45) is 0.833. The molecule has 2 nitrogen and oxygen atoms in total. The molecule has 0 saturated carbocycles. The molecule has 2 rings (SSSR count). The molecule has 1 unspecified atom stereocenters. The van der Waals surface area contributed by atoms with Crippen molar-refractivity contribution in [1.82, 2.24) is 4.90 Å². The van der Waals surface area contributed by atoms with Crippen molar-refractivity contribution in [2.24, 2.45) is 0 Å². The first-order chi connectivity index (χ1) is 9.02. The number of hydrogen-bond acceptors (Lipinski definition) is 2. The van der Waals surface area contributed by atoms with Gasteiger partial charge in [0.2, 0.25) is 0 Å². The number of halogens is 3. The number of ether oxygens (including phenoxy) is 1. The highest BCUT2D eigenvalue weighted by Crippen LogP contribution is 2.41. The molecule has 1 fully saturated rings. The molecule has 1 aliphatic heterocycles. The van der Waals surface area contributed by atoms with E-state index in [0.29, 0.717) is 21.7 Å².